The van der Waals surface area contributed by atoms with Crippen LogP contribution in [0.1, 0.15) is 18.6 Å². The first-order valence-corrected chi connectivity index (χ1v) is 5.43. The predicted octanol–water partition coefficient (Wildman–Crippen LogP) is 0.583. The zero-order valence-electron chi connectivity index (χ0n) is 9.90. The molecule has 0 spiro atoms. The third-order valence-electron chi connectivity index (χ3n) is 2.51. The van der Waals surface area contributed by atoms with E-state index in [-0.39, 0.29) is 24.3 Å². The van der Waals surface area contributed by atoms with Gasteiger partial charge in [-0.3, -0.25) is 4.79 Å². The van der Waals surface area contributed by atoms with Crippen LogP contribution in [0.15, 0.2) is 24.3 Å². The Bertz CT molecular complexity index is 367. The van der Waals surface area contributed by atoms with Crippen molar-refractivity contribution >= 4 is 5.91 Å². The Morgan fingerprint density at radius 3 is 2.53 bits per heavy atom. The molecule has 3 N–H and O–H groups in total. The molecule has 17 heavy (non-hydrogen) atoms. The molecule has 0 aromatic heterocycles. The van der Waals surface area contributed by atoms with Gasteiger partial charge in [0.25, 0.3) is 0 Å². The van der Waals surface area contributed by atoms with E-state index in [0.29, 0.717) is 5.56 Å². The van der Waals surface area contributed by atoms with Crippen molar-refractivity contribution in [1.82, 2.24) is 10.6 Å². The Hall–Kier alpha value is -1.46. The maximum atomic E-state index is 12.7. The number of likely N-dealkylation sites (N-methyl/N-ethyl adjacent to an activating group) is 1. The number of hydrogen-bond donors (Lipinski definition) is 3. The first kappa shape index (κ1) is 13.6. The van der Waals surface area contributed by atoms with Gasteiger partial charge in [-0.1, -0.05) is 12.1 Å². The SMILES string of the molecule is CNC(=O)C(C)NCC(O)c1ccc(F)cc1. The fraction of sp³-hybridized carbons (Fsp3) is 0.417. The van der Waals surface area contributed by atoms with Crippen molar-refractivity contribution in [2.75, 3.05) is 13.6 Å². The molecule has 1 rings (SSSR count). The van der Waals surface area contributed by atoms with E-state index < -0.39 is 6.10 Å². The van der Waals surface area contributed by atoms with Crippen molar-refractivity contribution in [1.29, 1.82) is 0 Å². The van der Waals surface area contributed by atoms with Crippen LogP contribution in [0, 0.1) is 5.82 Å². The fourth-order valence-corrected chi connectivity index (χ4v) is 1.40. The number of carbonyl (C=O) groups is 1. The summed E-state index contributed by atoms with van der Waals surface area (Å²) in [5.41, 5.74) is 0.614. The lowest BCUT2D eigenvalue weighted by molar-refractivity contribution is -0.122. The van der Waals surface area contributed by atoms with Crippen LogP contribution in [0.2, 0.25) is 0 Å². The molecule has 4 nitrogen and oxygen atoms in total. The molecule has 0 radical (unpaired) electrons. The van der Waals surface area contributed by atoms with E-state index in [0.717, 1.165) is 0 Å². The Kier molecular flexibility index (Phi) is 5.06. The standard InChI is InChI=1S/C12H17FN2O2/c1-8(12(17)14-2)15-7-11(16)9-3-5-10(13)6-4-9/h3-6,8,11,15-16H,7H2,1-2H3,(H,14,17). The molecule has 2 unspecified atom stereocenters. The average Bonchev–Trinajstić information content (AvgIpc) is 2.35. The number of halogens is 1. The van der Waals surface area contributed by atoms with Crippen molar-refractivity contribution in [3.8, 4) is 0 Å². The van der Waals surface area contributed by atoms with Gasteiger partial charge < -0.3 is 15.7 Å². The Labute approximate surface area is 99.8 Å². The molecule has 1 aromatic carbocycles. The van der Waals surface area contributed by atoms with Gasteiger partial charge in [0.05, 0.1) is 12.1 Å². The first-order valence-electron chi connectivity index (χ1n) is 5.43. The third kappa shape index (κ3) is 4.13. The van der Waals surface area contributed by atoms with E-state index in [1.807, 2.05) is 0 Å². The van der Waals surface area contributed by atoms with Gasteiger partial charge in [-0.15, -0.1) is 0 Å². The smallest absolute Gasteiger partial charge is 0.236 e. The van der Waals surface area contributed by atoms with Gasteiger partial charge in [-0.05, 0) is 24.6 Å². The number of carbonyl (C=O) groups excluding carboxylic acids is 1. The summed E-state index contributed by atoms with van der Waals surface area (Å²) < 4.78 is 12.7. The summed E-state index contributed by atoms with van der Waals surface area (Å²) in [5, 5.41) is 15.2. The number of benzene rings is 1. The van der Waals surface area contributed by atoms with E-state index in [9.17, 15) is 14.3 Å². The van der Waals surface area contributed by atoms with Crippen LogP contribution in [0.25, 0.3) is 0 Å². The van der Waals surface area contributed by atoms with Gasteiger partial charge in [0, 0.05) is 13.6 Å². The molecule has 0 bridgehead atoms. The van der Waals surface area contributed by atoms with E-state index in [4.69, 9.17) is 0 Å². The van der Waals surface area contributed by atoms with Gasteiger partial charge in [-0.25, -0.2) is 4.39 Å². The van der Waals surface area contributed by atoms with Crippen LogP contribution in [0.5, 0.6) is 0 Å². The van der Waals surface area contributed by atoms with Gasteiger partial charge in [0.1, 0.15) is 5.82 Å². The molecule has 1 aromatic rings. The highest BCUT2D eigenvalue weighted by Gasteiger charge is 2.13. The van der Waals surface area contributed by atoms with Crippen molar-refractivity contribution in [2.45, 2.75) is 19.1 Å². The van der Waals surface area contributed by atoms with Crippen molar-refractivity contribution in [3.63, 3.8) is 0 Å². The fourth-order valence-electron chi connectivity index (χ4n) is 1.40. The molecule has 1 amide bonds. The maximum absolute atomic E-state index is 12.7. The van der Waals surface area contributed by atoms with Crippen molar-refractivity contribution in [2.24, 2.45) is 0 Å². The number of aliphatic hydroxyl groups excluding tert-OH is 1. The largest absolute Gasteiger partial charge is 0.387 e. The van der Waals surface area contributed by atoms with Crippen LogP contribution in [-0.4, -0.2) is 30.6 Å². The normalized spacial score (nSPS) is 14.1. The summed E-state index contributed by atoms with van der Waals surface area (Å²) in [5.74, 6) is -0.482. The first-order chi connectivity index (χ1) is 8.04. The van der Waals surface area contributed by atoms with E-state index >= 15 is 0 Å². The minimum atomic E-state index is -0.761. The number of nitrogens with one attached hydrogen (secondary N) is 2. The van der Waals surface area contributed by atoms with Gasteiger partial charge in [-0.2, -0.15) is 0 Å². The van der Waals surface area contributed by atoms with Crippen molar-refractivity contribution < 1.29 is 14.3 Å². The average molecular weight is 240 g/mol. The number of amides is 1. The van der Waals surface area contributed by atoms with Crippen LogP contribution < -0.4 is 10.6 Å². The molecule has 0 saturated heterocycles. The van der Waals surface area contributed by atoms with Crippen LogP contribution in [0.4, 0.5) is 4.39 Å². The second-order valence-electron chi connectivity index (χ2n) is 3.81. The van der Waals surface area contributed by atoms with E-state index in [1.165, 1.54) is 24.3 Å². The highest BCUT2D eigenvalue weighted by atomic mass is 19.1. The Morgan fingerprint density at radius 2 is 2.00 bits per heavy atom. The zero-order chi connectivity index (χ0) is 12.8. The van der Waals surface area contributed by atoms with Gasteiger partial charge in [0.15, 0.2) is 0 Å². The third-order valence-corrected chi connectivity index (χ3v) is 2.51. The molecule has 2 atom stereocenters. The monoisotopic (exact) mass is 240 g/mol. The molecular weight excluding hydrogens is 223 g/mol. The second-order valence-corrected chi connectivity index (χ2v) is 3.81. The molecule has 0 fully saturated rings. The second kappa shape index (κ2) is 6.32. The van der Waals surface area contributed by atoms with Crippen LogP contribution >= 0.6 is 0 Å². The topological polar surface area (TPSA) is 61.4 Å². The number of hydrogen-bond acceptors (Lipinski definition) is 3. The van der Waals surface area contributed by atoms with Gasteiger partial charge in [0.2, 0.25) is 5.91 Å². The van der Waals surface area contributed by atoms with Crippen LogP contribution in [0.3, 0.4) is 0 Å². The molecule has 0 aliphatic carbocycles. The molecule has 0 aliphatic rings. The quantitative estimate of drug-likeness (QED) is 0.705. The summed E-state index contributed by atoms with van der Waals surface area (Å²) >= 11 is 0. The van der Waals surface area contributed by atoms with E-state index in [2.05, 4.69) is 10.6 Å². The lowest BCUT2D eigenvalue weighted by Gasteiger charge is -2.16. The number of aliphatic hydroxyl groups is 1. The minimum Gasteiger partial charge on any atom is -0.387 e. The highest BCUT2D eigenvalue weighted by molar-refractivity contribution is 5.80. The zero-order valence-corrected chi connectivity index (χ0v) is 9.90. The summed E-state index contributed by atoms with van der Waals surface area (Å²) in [6.45, 7) is 1.94. The summed E-state index contributed by atoms with van der Waals surface area (Å²) in [6, 6.07) is 5.25. The summed E-state index contributed by atoms with van der Waals surface area (Å²) in [7, 11) is 1.55. The number of rotatable bonds is 5. The molecule has 0 saturated carbocycles. The van der Waals surface area contributed by atoms with E-state index in [1.54, 1.807) is 14.0 Å². The Morgan fingerprint density at radius 1 is 1.41 bits per heavy atom. The molecule has 0 heterocycles. The summed E-state index contributed by atoms with van der Waals surface area (Å²) in [4.78, 5) is 11.2. The molecule has 0 aliphatic heterocycles. The predicted molar refractivity (Wildman–Crippen MR) is 62.9 cm³/mol. The van der Waals surface area contributed by atoms with Crippen LogP contribution in [-0.2, 0) is 4.79 Å². The highest BCUT2D eigenvalue weighted by Crippen LogP contribution is 2.12. The lowest BCUT2D eigenvalue weighted by atomic mass is 10.1. The molecule has 5 heteroatoms. The Balaban J connectivity index is 2.47. The lowest BCUT2D eigenvalue weighted by Crippen LogP contribution is -2.42. The van der Waals surface area contributed by atoms with Gasteiger partial charge >= 0.3 is 0 Å². The maximum Gasteiger partial charge on any atom is 0.236 e. The van der Waals surface area contributed by atoms with Crippen molar-refractivity contribution in [3.05, 3.63) is 35.6 Å². The minimum absolute atomic E-state index is 0.142. The molecule has 94 valence electrons. The molecular formula is C12H17FN2O2. The summed E-state index contributed by atoms with van der Waals surface area (Å²) in [6.07, 6.45) is -0.761.